The maximum absolute atomic E-state index is 11.2. The van der Waals surface area contributed by atoms with Gasteiger partial charge in [-0.05, 0) is 68.8 Å². The molecular weight excluding hydrogens is 208 g/mol. The standard InChI is InChI=1S/C16H24O/c1-11(2)13-5-4-6-14(10-17)15-8-7-12(3)16(15)9-13/h10,12-13,16H,1,4-9H2,2-3H3. The van der Waals surface area contributed by atoms with E-state index in [0.717, 1.165) is 37.0 Å². The molecule has 0 heterocycles. The summed E-state index contributed by atoms with van der Waals surface area (Å²) < 4.78 is 0. The van der Waals surface area contributed by atoms with E-state index in [4.69, 9.17) is 0 Å². The molecule has 0 amide bonds. The van der Waals surface area contributed by atoms with Crippen molar-refractivity contribution >= 4 is 6.29 Å². The minimum Gasteiger partial charge on any atom is -0.298 e. The summed E-state index contributed by atoms with van der Waals surface area (Å²) in [6.45, 7) is 8.65. The fourth-order valence-electron chi connectivity index (χ4n) is 3.59. The number of carbonyl (C=O) groups excluding carboxylic acids is 1. The van der Waals surface area contributed by atoms with Gasteiger partial charge in [0.2, 0.25) is 0 Å². The second-order valence-electron chi connectivity index (χ2n) is 5.96. The van der Waals surface area contributed by atoms with Gasteiger partial charge in [0.05, 0.1) is 0 Å². The zero-order valence-corrected chi connectivity index (χ0v) is 11.2. The van der Waals surface area contributed by atoms with Crippen LogP contribution in [-0.4, -0.2) is 6.29 Å². The van der Waals surface area contributed by atoms with Crippen molar-refractivity contribution in [1.82, 2.24) is 0 Å². The fourth-order valence-corrected chi connectivity index (χ4v) is 3.59. The molecule has 3 atom stereocenters. The summed E-state index contributed by atoms with van der Waals surface area (Å²) in [4.78, 5) is 11.2. The van der Waals surface area contributed by atoms with Gasteiger partial charge in [0.1, 0.15) is 6.29 Å². The van der Waals surface area contributed by atoms with Crippen LogP contribution in [0.1, 0.15) is 52.4 Å². The van der Waals surface area contributed by atoms with E-state index in [-0.39, 0.29) is 0 Å². The first-order valence-electron chi connectivity index (χ1n) is 6.96. The number of hydrogen-bond donors (Lipinski definition) is 0. The van der Waals surface area contributed by atoms with Crippen LogP contribution in [0, 0.1) is 17.8 Å². The molecule has 94 valence electrons. The Labute approximate surface area is 105 Å². The molecule has 0 spiro atoms. The smallest absolute Gasteiger partial charge is 0.145 e. The van der Waals surface area contributed by atoms with Crippen molar-refractivity contribution in [2.45, 2.75) is 52.4 Å². The molecule has 0 saturated heterocycles. The van der Waals surface area contributed by atoms with Gasteiger partial charge < -0.3 is 0 Å². The van der Waals surface area contributed by atoms with Gasteiger partial charge in [0.25, 0.3) is 0 Å². The Morgan fingerprint density at radius 3 is 2.76 bits per heavy atom. The van der Waals surface area contributed by atoms with E-state index in [1.165, 1.54) is 30.4 Å². The Hall–Kier alpha value is -0.850. The molecule has 2 aliphatic rings. The predicted octanol–water partition coefficient (Wildman–Crippen LogP) is 4.29. The van der Waals surface area contributed by atoms with E-state index in [1.54, 1.807) is 0 Å². The third-order valence-corrected chi connectivity index (χ3v) is 4.79. The highest BCUT2D eigenvalue weighted by molar-refractivity contribution is 5.75. The van der Waals surface area contributed by atoms with Crippen LogP contribution < -0.4 is 0 Å². The third kappa shape index (κ3) is 2.53. The van der Waals surface area contributed by atoms with Crippen molar-refractivity contribution in [2.75, 3.05) is 0 Å². The molecule has 0 N–H and O–H groups in total. The fraction of sp³-hybridized carbons (Fsp3) is 0.688. The van der Waals surface area contributed by atoms with E-state index in [2.05, 4.69) is 20.4 Å². The Balaban J connectivity index is 2.28. The van der Waals surface area contributed by atoms with Crippen LogP contribution in [-0.2, 0) is 4.79 Å². The second-order valence-corrected chi connectivity index (χ2v) is 5.96. The van der Waals surface area contributed by atoms with E-state index >= 15 is 0 Å². The molecule has 0 aromatic carbocycles. The first-order valence-corrected chi connectivity index (χ1v) is 6.96. The lowest BCUT2D eigenvalue weighted by atomic mass is 9.77. The highest BCUT2D eigenvalue weighted by atomic mass is 16.1. The molecular formula is C16H24O. The maximum Gasteiger partial charge on any atom is 0.145 e. The zero-order valence-electron chi connectivity index (χ0n) is 11.2. The highest BCUT2D eigenvalue weighted by Gasteiger charge is 2.33. The first kappa shape index (κ1) is 12.6. The van der Waals surface area contributed by atoms with E-state index in [0.29, 0.717) is 11.8 Å². The lowest BCUT2D eigenvalue weighted by molar-refractivity contribution is -0.105. The van der Waals surface area contributed by atoms with E-state index in [9.17, 15) is 4.79 Å². The number of fused-ring (bicyclic) bond motifs is 1. The highest BCUT2D eigenvalue weighted by Crippen LogP contribution is 2.45. The van der Waals surface area contributed by atoms with E-state index in [1.807, 2.05) is 0 Å². The second kappa shape index (κ2) is 5.20. The Bertz CT molecular complexity index is 351. The number of carbonyl (C=O) groups is 1. The molecule has 2 aliphatic carbocycles. The van der Waals surface area contributed by atoms with E-state index < -0.39 is 0 Å². The Morgan fingerprint density at radius 2 is 2.12 bits per heavy atom. The SMILES string of the molecule is C=C(C)C1CCCC(C=O)=C2CCC(C)C2C1. The molecule has 1 saturated carbocycles. The first-order chi connectivity index (χ1) is 8.13. The predicted molar refractivity (Wildman–Crippen MR) is 71.8 cm³/mol. The summed E-state index contributed by atoms with van der Waals surface area (Å²) >= 11 is 0. The minimum atomic E-state index is 0.650. The van der Waals surface area contributed by atoms with Gasteiger partial charge in [-0.3, -0.25) is 4.79 Å². The Kier molecular flexibility index (Phi) is 3.86. The van der Waals surface area contributed by atoms with Gasteiger partial charge in [-0.1, -0.05) is 24.6 Å². The summed E-state index contributed by atoms with van der Waals surface area (Å²) in [5.74, 6) is 2.07. The molecule has 0 aromatic heterocycles. The number of rotatable bonds is 2. The molecule has 1 fully saturated rings. The van der Waals surface area contributed by atoms with Gasteiger partial charge in [-0.15, -0.1) is 0 Å². The lowest BCUT2D eigenvalue weighted by Gasteiger charge is -2.28. The van der Waals surface area contributed by atoms with Gasteiger partial charge in [0, 0.05) is 0 Å². The summed E-state index contributed by atoms with van der Waals surface area (Å²) in [7, 11) is 0. The quantitative estimate of drug-likeness (QED) is 0.512. The summed E-state index contributed by atoms with van der Waals surface area (Å²) in [6.07, 6.45) is 8.12. The molecule has 0 aliphatic heterocycles. The molecule has 1 nitrogen and oxygen atoms in total. The normalized spacial score (nSPS) is 33.9. The summed E-state index contributed by atoms with van der Waals surface area (Å²) in [5.41, 5.74) is 3.94. The van der Waals surface area contributed by atoms with Crippen molar-refractivity contribution in [2.24, 2.45) is 17.8 Å². The van der Waals surface area contributed by atoms with Crippen molar-refractivity contribution in [1.29, 1.82) is 0 Å². The van der Waals surface area contributed by atoms with Crippen LogP contribution in [0.3, 0.4) is 0 Å². The van der Waals surface area contributed by atoms with Crippen molar-refractivity contribution < 1.29 is 4.79 Å². The molecule has 0 aromatic rings. The number of hydrogen-bond acceptors (Lipinski definition) is 1. The van der Waals surface area contributed by atoms with Crippen LogP contribution in [0.25, 0.3) is 0 Å². The lowest BCUT2D eigenvalue weighted by Crippen LogP contribution is -2.17. The molecule has 3 unspecified atom stereocenters. The number of aldehydes is 1. The number of allylic oxidation sites excluding steroid dienone is 3. The maximum atomic E-state index is 11.2. The van der Waals surface area contributed by atoms with Gasteiger partial charge in [-0.25, -0.2) is 0 Å². The minimum absolute atomic E-state index is 0.650. The van der Waals surface area contributed by atoms with Gasteiger partial charge in [0.15, 0.2) is 0 Å². The average molecular weight is 232 g/mol. The molecule has 0 bridgehead atoms. The zero-order chi connectivity index (χ0) is 12.4. The summed E-state index contributed by atoms with van der Waals surface area (Å²) in [6, 6.07) is 0. The van der Waals surface area contributed by atoms with Crippen LogP contribution in [0.4, 0.5) is 0 Å². The molecule has 2 rings (SSSR count). The van der Waals surface area contributed by atoms with Gasteiger partial charge >= 0.3 is 0 Å². The molecule has 17 heavy (non-hydrogen) atoms. The van der Waals surface area contributed by atoms with Crippen LogP contribution >= 0.6 is 0 Å². The monoisotopic (exact) mass is 232 g/mol. The van der Waals surface area contributed by atoms with Crippen molar-refractivity contribution in [3.8, 4) is 0 Å². The third-order valence-electron chi connectivity index (χ3n) is 4.79. The van der Waals surface area contributed by atoms with Gasteiger partial charge in [-0.2, -0.15) is 0 Å². The Morgan fingerprint density at radius 1 is 1.35 bits per heavy atom. The molecule has 0 radical (unpaired) electrons. The van der Waals surface area contributed by atoms with Crippen LogP contribution in [0.5, 0.6) is 0 Å². The largest absolute Gasteiger partial charge is 0.298 e. The average Bonchev–Trinajstić information content (AvgIpc) is 2.59. The topological polar surface area (TPSA) is 17.1 Å². The van der Waals surface area contributed by atoms with Crippen LogP contribution in [0.15, 0.2) is 23.3 Å². The van der Waals surface area contributed by atoms with Crippen molar-refractivity contribution in [3.63, 3.8) is 0 Å². The van der Waals surface area contributed by atoms with Crippen LogP contribution in [0.2, 0.25) is 0 Å². The molecule has 1 heteroatoms. The summed E-state index contributed by atoms with van der Waals surface area (Å²) in [5, 5.41) is 0. The van der Waals surface area contributed by atoms with Crippen molar-refractivity contribution in [3.05, 3.63) is 23.3 Å².